The van der Waals surface area contributed by atoms with Gasteiger partial charge in [0.25, 0.3) is 0 Å². The lowest BCUT2D eigenvalue weighted by Crippen LogP contribution is -2.26. The van der Waals surface area contributed by atoms with E-state index in [0.717, 1.165) is 42.6 Å². The summed E-state index contributed by atoms with van der Waals surface area (Å²) in [7, 11) is 0. The molecule has 1 aromatic heterocycles. The lowest BCUT2D eigenvalue weighted by atomic mass is 9.85. The van der Waals surface area contributed by atoms with E-state index < -0.39 is 0 Å². The highest BCUT2D eigenvalue weighted by Gasteiger charge is 2.23. The minimum Gasteiger partial charge on any atom is -0.474 e. The van der Waals surface area contributed by atoms with Crippen LogP contribution in [0.1, 0.15) is 58.4 Å². The second kappa shape index (κ2) is 7.46. The van der Waals surface area contributed by atoms with Crippen LogP contribution in [0, 0.1) is 5.92 Å². The maximum absolute atomic E-state index is 6.21. The zero-order chi connectivity index (χ0) is 14.4. The van der Waals surface area contributed by atoms with E-state index in [4.69, 9.17) is 4.74 Å². The Morgan fingerprint density at radius 1 is 1.25 bits per heavy atom. The molecule has 0 saturated heterocycles. The van der Waals surface area contributed by atoms with Crippen molar-refractivity contribution in [3.8, 4) is 5.88 Å². The predicted octanol–water partition coefficient (Wildman–Crippen LogP) is 3.82. The van der Waals surface area contributed by atoms with Crippen molar-refractivity contribution in [3.63, 3.8) is 0 Å². The van der Waals surface area contributed by atoms with Crippen LogP contribution in [0.25, 0.3) is 0 Å². The smallest absolute Gasteiger partial charge is 0.222 e. The molecule has 1 N–H and O–H groups in total. The second-order valence-corrected chi connectivity index (χ2v) is 5.57. The van der Waals surface area contributed by atoms with Crippen LogP contribution in [0.15, 0.2) is 6.33 Å². The summed E-state index contributed by atoms with van der Waals surface area (Å²) in [6.45, 7) is 7.35. The molecular formula is C16H27N3O. The molecule has 4 heteroatoms. The van der Waals surface area contributed by atoms with E-state index in [2.05, 4.69) is 36.1 Å². The number of ether oxygens (including phenoxy) is 1. The zero-order valence-electron chi connectivity index (χ0n) is 13.0. The van der Waals surface area contributed by atoms with Crippen molar-refractivity contribution in [2.75, 3.05) is 11.9 Å². The summed E-state index contributed by atoms with van der Waals surface area (Å²) in [4.78, 5) is 8.69. The lowest BCUT2D eigenvalue weighted by molar-refractivity contribution is 0.116. The Bertz CT molecular complexity index is 422. The molecule has 112 valence electrons. The fraction of sp³-hybridized carbons (Fsp3) is 0.750. The van der Waals surface area contributed by atoms with Crippen LogP contribution >= 0.6 is 0 Å². The van der Waals surface area contributed by atoms with Crippen LogP contribution in [0.5, 0.6) is 5.88 Å². The average Bonchev–Trinajstić information content (AvgIpc) is 2.48. The van der Waals surface area contributed by atoms with E-state index >= 15 is 0 Å². The molecule has 1 aliphatic carbocycles. The van der Waals surface area contributed by atoms with E-state index in [0.29, 0.717) is 6.10 Å². The van der Waals surface area contributed by atoms with Crippen molar-refractivity contribution >= 4 is 5.82 Å². The summed E-state index contributed by atoms with van der Waals surface area (Å²) in [5.74, 6) is 2.51. The standard InChI is InChI=1S/C16H27N3O/c1-4-12-8-7-9-13(10-12)20-16-14(5-2)15(17-6-3)18-11-19-16/h11-13H,4-10H2,1-3H3,(H,17,18,19). The largest absolute Gasteiger partial charge is 0.474 e. The van der Waals surface area contributed by atoms with Gasteiger partial charge < -0.3 is 10.1 Å². The van der Waals surface area contributed by atoms with Gasteiger partial charge in [0.15, 0.2) is 0 Å². The molecule has 2 atom stereocenters. The van der Waals surface area contributed by atoms with Crippen LogP contribution in [0.4, 0.5) is 5.82 Å². The van der Waals surface area contributed by atoms with Gasteiger partial charge in [-0.2, -0.15) is 0 Å². The first kappa shape index (κ1) is 15.1. The summed E-state index contributed by atoms with van der Waals surface area (Å²) >= 11 is 0. The van der Waals surface area contributed by atoms with Crippen LogP contribution in [-0.2, 0) is 6.42 Å². The molecule has 2 unspecified atom stereocenters. The van der Waals surface area contributed by atoms with Crippen LogP contribution in [0.2, 0.25) is 0 Å². The average molecular weight is 277 g/mol. The quantitative estimate of drug-likeness (QED) is 0.858. The van der Waals surface area contributed by atoms with E-state index in [1.807, 2.05) is 0 Å². The number of hydrogen-bond donors (Lipinski definition) is 1. The van der Waals surface area contributed by atoms with Crippen molar-refractivity contribution in [1.29, 1.82) is 0 Å². The van der Waals surface area contributed by atoms with Gasteiger partial charge in [-0.25, -0.2) is 9.97 Å². The molecule has 4 nitrogen and oxygen atoms in total. The number of hydrogen-bond acceptors (Lipinski definition) is 4. The SMILES string of the molecule is CCNc1ncnc(OC2CCCC(CC)C2)c1CC. The third kappa shape index (κ3) is 3.62. The predicted molar refractivity (Wildman–Crippen MR) is 82.2 cm³/mol. The fourth-order valence-electron chi connectivity index (χ4n) is 3.01. The molecule has 20 heavy (non-hydrogen) atoms. The maximum Gasteiger partial charge on any atom is 0.222 e. The molecule has 0 aromatic carbocycles. The zero-order valence-corrected chi connectivity index (χ0v) is 13.0. The van der Waals surface area contributed by atoms with Gasteiger partial charge in [0.1, 0.15) is 18.2 Å². The van der Waals surface area contributed by atoms with Gasteiger partial charge in [-0.15, -0.1) is 0 Å². The van der Waals surface area contributed by atoms with Gasteiger partial charge in [0.05, 0.1) is 5.56 Å². The molecule has 0 aliphatic heterocycles. The van der Waals surface area contributed by atoms with E-state index in [9.17, 15) is 0 Å². The fourth-order valence-corrected chi connectivity index (χ4v) is 3.01. The Hall–Kier alpha value is -1.32. The molecule has 1 aliphatic rings. The van der Waals surface area contributed by atoms with Crippen LogP contribution < -0.4 is 10.1 Å². The highest BCUT2D eigenvalue weighted by Crippen LogP contribution is 2.31. The van der Waals surface area contributed by atoms with Gasteiger partial charge >= 0.3 is 0 Å². The van der Waals surface area contributed by atoms with Crippen molar-refractivity contribution in [1.82, 2.24) is 9.97 Å². The van der Waals surface area contributed by atoms with Gasteiger partial charge in [0, 0.05) is 6.54 Å². The van der Waals surface area contributed by atoms with E-state index in [-0.39, 0.29) is 0 Å². The molecule has 1 saturated carbocycles. The van der Waals surface area contributed by atoms with Crippen molar-refractivity contribution in [2.24, 2.45) is 5.92 Å². The van der Waals surface area contributed by atoms with Crippen LogP contribution in [0.3, 0.4) is 0 Å². The monoisotopic (exact) mass is 277 g/mol. The molecule has 1 fully saturated rings. The highest BCUT2D eigenvalue weighted by atomic mass is 16.5. The molecular weight excluding hydrogens is 250 g/mol. The Labute approximate surface area is 122 Å². The highest BCUT2D eigenvalue weighted by molar-refractivity contribution is 5.48. The second-order valence-electron chi connectivity index (χ2n) is 5.57. The first-order valence-electron chi connectivity index (χ1n) is 8.02. The molecule has 1 heterocycles. The first-order chi connectivity index (χ1) is 9.78. The first-order valence-corrected chi connectivity index (χ1v) is 8.02. The molecule has 0 spiro atoms. The lowest BCUT2D eigenvalue weighted by Gasteiger charge is -2.29. The third-order valence-corrected chi connectivity index (χ3v) is 4.19. The molecule has 0 bridgehead atoms. The third-order valence-electron chi connectivity index (χ3n) is 4.19. The number of anilines is 1. The molecule has 1 aromatic rings. The normalized spacial score (nSPS) is 22.6. The van der Waals surface area contributed by atoms with Crippen molar-refractivity contribution in [2.45, 2.75) is 65.4 Å². The number of aromatic nitrogens is 2. The topological polar surface area (TPSA) is 47.0 Å². The molecule has 0 amide bonds. The molecule has 2 rings (SSSR count). The van der Waals surface area contributed by atoms with Gasteiger partial charge in [0.2, 0.25) is 5.88 Å². The number of nitrogens with one attached hydrogen (secondary N) is 1. The summed E-state index contributed by atoms with van der Waals surface area (Å²) < 4.78 is 6.21. The van der Waals surface area contributed by atoms with E-state index in [1.54, 1.807) is 6.33 Å². The Kier molecular flexibility index (Phi) is 5.62. The van der Waals surface area contributed by atoms with Crippen molar-refractivity contribution in [3.05, 3.63) is 11.9 Å². The summed E-state index contributed by atoms with van der Waals surface area (Å²) in [5.41, 5.74) is 1.10. The Balaban J connectivity index is 2.10. The number of nitrogens with zero attached hydrogens (tertiary/aromatic N) is 2. The van der Waals surface area contributed by atoms with Gasteiger partial charge in [-0.3, -0.25) is 0 Å². The Morgan fingerprint density at radius 2 is 2.10 bits per heavy atom. The Morgan fingerprint density at radius 3 is 2.80 bits per heavy atom. The van der Waals surface area contributed by atoms with Crippen LogP contribution in [-0.4, -0.2) is 22.6 Å². The maximum atomic E-state index is 6.21. The molecule has 0 radical (unpaired) electrons. The van der Waals surface area contributed by atoms with E-state index in [1.165, 1.54) is 25.7 Å². The summed E-state index contributed by atoms with van der Waals surface area (Å²) in [5, 5.41) is 3.29. The minimum atomic E-state index is 0.323. The number of rotatable bonds is 6. The van der Waals surface area contributed by atoms with Gasteiger partial charge in [-0.05, 0) is 38.5 Å². The minimum absolute atomic E-state index is 0.323. The van der Waals surface area contributed by atoms with Crippen molar-refractivity contribution < 1.29 is 4.74 Å². The van der Waals surface area contributed by atoms with Gasteiger partial charge in [-0.1, -0.05) is 26.7 Å². The summed E-state index contributed by atoms with van der Waals surface area (Å²) in [6.07, 6.45) is 9.02. The summed E-state index contributed by atoms with van der Waals surface area (Å²) in [6, 6.07) is 0.